The van der Waals surface area contributed by atoms with Gasteiger partial charge in [-0.1, -0.05) is 20.8 Å². The summed E-state index contributed by atoms with van der Waals surface area (Å²) >= 11 is 0. The first-order chi connectivity index (χ1) is 8.41. The van der Waals surface area contributed by atoms with Gasteiger partial charge >= 0.3 is 0 Å². The van der Waals surface area contributed by atoms with E-state index in [2.05, 4.69) is 26.1 Å². The van der Waals surface area contributed by atoms with Crippen molar-refractivity contribution in [1.29, 1.82) is 0 Å². The van der Waals surface area contributed by atoms with Gasteiger partial charge in [0.25, 0.3) is 0 Å². The first-order valence-electron chi connectivity index (χ1n) is 7.02. The molecule has 1 aliphatic carbocycles. The lowest BCUT2D eigenvalue weighted by atomic mass is 9.64. The van der Waals surface area contributed by atoms with E-state index in [9.17, 15) is 4.79 Å². The predicted octanol–water partition coefficient (Wildman–Crippen LogP) is 1.68. The summed E-state index contributed by atoms with van der Waals surface area (Å²) in [6.07, 6.45) is 2.64. The molecule has 3 atom stereocenters. The summed E-state index contributed by atoms with van der Waals surface area (Å²) in [5, 5.41) is 3.11. The highest BCUT2D eigenvalue weighted by atomic mass is 16.5. The van der Waals surface area contributed by atoms with Crippen molar-refractivity contribution in [3.8, 4) is 0 Å². The van der Waals surface area contributed by atoms with Crippen molar-refractivity contribution in [3.63, 3.8) is 0 Å². The van der Waals surface area contributed by atoms with Crippen molar-refractivity contribution in [1.82, 2.24) is 5.32 Å². The zero-order valence-electron chi connectivity index (χ0n) is 12.2. The second-order valence-electron chi connectivity index (χ2n) is 6.00. The van der Waals surface area contributed by atoms with Gasteiger partial charge in [0, 0.05) is 24.5 Å². The number of amides is 1. The number of nitrogens with two attached hydrogens (primary N) is 1. The van der Waals surface area contributed by atoms with Crippen LogP contribution >= 0.6 is 0 Å². The molecule has 1 fully saturated rings. The van der Waals surface area contributed by atoms with Crippen molar-refractivity contribution in [2.75, 3.05) is 13.2 Å². The summed E-state index contributed by atoms with van der Waals surface area (Å²) in [7, 11) is 0. The van der Waals surface area contributed by atoms with Gasteiger partial charge in [-0.05, 0) is 32.2 Å². The second-order valence-corrected chi connectivity index (χ2v) is 6.00. The number of nitrogens with one attached hydrogen (secondary N) is 1. The normalized spacial score (nSPS) is 27.4. The fourth-order valence-corrected chi connectivity index (χ4v) is 2.38. The molecule has 4 heteroatoms. The van der Waals surface area contributed by atoms with E-state index in [-0.39, 0.29) is 23.5 Å². The highest BCUT2D eigenvalue weighted by molar-refractivity contribution is 5.76. The van der Waals surface area contributed by atoms with Crippen LogP contribution in [0.3, 0.4) is 0 Å². The standard InChI is InChI=1S/C14H28N2O2/c1-5-18-12-8-11(14(12,3)4)16-13(17)7-6-10(2)9-15/h10-12H,5-9,15H2,1-4H3,(H,16,17). The molecule has 106 valence electrons. The number of carbonyl (C=O) groups is 1. The van der Waals surface area contributed by atoms with Gasteiger partial charge in [0.1, 0.15) is 0 Å². The van der Waals surface area contributed by atoms with E-state index in [0.717, 1.165) is 19.4 Å². The third kappa shape index (κ3) is 3.69. The van der Waals surface area contributed by atoms with Crippen LogP contribution in [0, 0.1) is 11.3 Å². The number of carbonyl (C=O) groups excluding carboxylic acids is 1. The van der Waals surface area contributed by atoms with Crippen LogP contribution < -0.4 is 11.1 Å². The van der Waals surface area contributed by atoms with E-state index >= 15 is 0 Å². The maximum absolute atomic E-state index is 11.8. The summed E-state index contributed by atoms with van der Waals surface area (Å²) in [6, 6.07) is 0.245. The first kappa shape index (κ1) is 15.4. The SMILES string of the molecule is CCOC1CC(NC(=O)CCC(C)CN)C1(C)C. The highest BCUT2D eigenvalue weighted by Crippen LogP contribution is 2.42. The average molecular weight is 256 g/mol. The molecule has 0 saturated heterocycles. The molecule has 3 unspecified atom stereocenters. The van der Waals surface area contributed by atoms with Crippen LogP contribution in [0.4, 0.5) is 0 Å². The Bertz CT molecular complexity index is 279. The van der Waals surface area contributed by atoms with Crippen LogP contribution in [0.25, 0.3) is 0 Å². The molecule has 1 saturated carbocycles. The summed E-state index contributed by atoms with van der Waals surface area (Å²) in [5.74, 6) is 0.560. The molecule has 3 N–H and O–H groups in total. The topological polar surface area (TPSA) is 64.3 Å². The molecule has 1 aliphatic rings. The molecule has 0 aliphatic heterocycles. The molecular weight excluding hydrogens is 228 g/mol. The van der Waals surface area contributed by atoms with Crippen LogP contribution in [0.15, 0.2) is 0 Å². The largest absolute Gasteiger partial charge is 0.378 e. The lowest BCUT2D eigenvalue weighted by Crippen LogP contribution is -2.62. The zero-order valence-corrected chi connectivity index (χ0v) is 12.2. The van der Waals surface area contributed by atoms with E-state index in [4.69, 9.17) is 10.5 Å². The fourth-order valence-electron chi connectivity index (χ4n) is 2.38. The van der Waals surface area contributed by atoms with Crippen molar-refractivity contribution in [3.05, 3.63) is 0 Å². The monoisotopic (exact) mass is 256 g/mol. The lowest BCUT2D eigenvalue weighted by Gasteiger charge is -2.51. The Morgan fingerprint density at radius 2 is 2.22 bits per heavy atom. The first-order valence-corrected chi connectivity index (χ1v) is 7.02. The maximum atomic E-state index is 11.8. The van der Waals surface area contributed by atoms with Crippen LogP contribution in [-0.2, 0) is 9.53 Å². The minimum atomic E-state index is 0.0468. The minimum absolute atomic E-state index is 0.0468. The van der Waals surface area contributed by atoms with Crippen molar-refractivity contribution < 1.29 is 9.53 Å². The minimum Gasteiger partial charge on any atom is -0.378 e. The van der Waals surface area contributed by atoms with Gasteiger partial charge in [0.05, 0.1) is 6.10 Å². The maximum Gasteiger partial charge on any atom is 0.220 e. The third-order valence-electron chi connectivity index (χ3n) is 4.15. The lowest BCUT2D eigenvalue weighted by molar-refractivity contribution is -0.136. The molecule has 4 nitrogen and oxygen atoms in total. The summed E-state index contributed by atoms with van der Waals surface area (Å²) < 4.78 is 5.65. The summed E-state index contributed by atoms with van der Waals surface area (Å²) in [5.41, 5.74) is 5.59. The van der Waals surface area contributed by atoms with Gasteiger partial charge in [0.2, 0.25) is 5.91 Å². The molecule has 0 aromatic rings. The molecule has 0 spiro atoms. The Balaban J connectivity index is 2.30. The van der Waals surface area contributed by atoms with Crippen LogP contribution in [0.1, 0.15) is 47.0 Å². The van der Waals surface area contributed by atoms with Crippen molar-refractivity contribution >= 4 is 5.91 Å². The highest BCUT2D eigenvalue weighted by Gasteiger charge is 2.49. The van der Waals surface area contributed by atoms with E-state index in [0.29, 0.717) is 18.9 Å². The van der Waals surface area contributed by atoms with E-state index < -0.39 is 0 Å². The number of hydrogen-bond donors (Lipinski definition) is 2. The van der Waals surface area contributed by atoms with E-state index in [1.165, 1.54) is 0 Å². The summed E-state index contributed by atoms with van der Waals surface area (Å²) in [4.78, 5) is 11.8. The van der Waals surface area contributed by atoms with Crippen molar-refractivity contribution in [2.45, 2.75) is 59.1 Å². The van der Waals surface area contributed by atoms with Crippen LogP contribution in [-0.4, -0.2) is 31.2 Å². The Kier molecular flexibility index (Phi) is 5.60. The van der Waals surface area contributed by atoms with Gasteiger partial charge in [-0.3, -0.25) is 4.79 Å². The van der Waals surface area contributed by atoms with Gasteiger partial charge < -0.3 is 15.8 Å². The smallest absolute Gasteiger partial charge is 0.220 e. The van der Waals surface area contributed by atoms with Crippen LogP contribution in [0.2, 0.25) is 0 Å². The Hall–Kier alpha value is -0.610. The van der Waals surface area contributed by atoms with Gasteiger partial charge in [-0.15, -0.1) is 0 Å². The Morgan fingerprint density at radius 1 is 1.56 bits per heavy atom. The van der Waals surface area contributed by atoms with Crippen molar-refractivity contribution in [2.24, 2.45) is 17.1 Å². The number of rotatable bonds is 7. The quantitative estimate of drug-likeness (QED) is 0.728. The van der Waals surface area contributed by atoms with Gasteiger partial charge in [-0.25, -0.2) is 0 Å². The Labute approximate surface area is 111 Å². The summed E-state index contributed by atoms with van der Waals surface area (Å²) in [6.45, 7) is 9.79. The van der Waals surface area contributed by atoms with Crippen LogP contribution in [0.5, 0.6) is 0 Å². The molecule has 0 aromatic carbocycles. The Morgan fingerprint density at radius 3 is 2.72 bits per heavy atom. The fraction of sp³-hybridized carbons (Fsp3) is 0.929. The van der Waals surface area contributed by atoms with Gasteiger partial charge in [-0.2, -0.15) is 0 Å². The average Bonchev–Trinajstić information content (AvgIpc) is 2.34. The van der Waals surface area contributed by atoms with E-state index in [1.807, 2.05) is 6.92 Å². The van der Waals surface area contributed by atoms with Gasteiger partial charge in [0.15, 0.2) is 0 Å². The van der Waals surface area contributed by atoms with E-state index in [1.54, 1.807) is 0 Å². The number of hydrogen-bond acceptors (Lipinski definition) is 3. The molecule has 0 bridgehead atoms. The molecule has 0 aromatic heterocycles. The second kappa shape index (κ2) is 6.53. The molecular formula is C14H28N2O2. The molecule has 0 radical (unpaired) electrons. The third-order valence-corrected chi connectivity index (χ3v) is 4.15. The molecule has 18 heavy (non-hydrogen) atoms. The molecule has 1 amide bonds. The number of ether oxygens (including phenoxy) is 1. The molecule has 0 heterocycles. The zero-order chi connectivity index (χ0) is 13.8. The predicted molar refractivity (Wildman–Crippen MR) is 73.2 cm³/mol. The molecule has 1 rings (SSSR count).